The highest BCUT2D eigenvalue weighted by atomic mass is 79.9. The SMILES string of the molecule is CC(C)(C)c1cnc(CNC(=O)C(C)(N)c2ccc(Br)cc2)o1. The van der Waals surface area contributed by atoms with Crippen molar-refractivity contribution >= 4 is 21.8 Å². The van der Waals surface area contributed by atoms with Crippen molar-refractivity contribution in [2.75, 3.05) is 0 Å². The molecule has 0 fully saturated rings. The normalized spacial score (nSPS) is 14.3. The predicted molar refractivity (Wildman–Crippen MR) is 92.7 cm³/mol. The first-order valence-electron chi connectivity index (χ1n) is 7.39. The van der Waals surface area contributed by atoms with E-state index in [1.165, 1.54) is 0 Å². The lowest BCUT2D eigenvalue weighted by molar-refractivity contribution is -0.126. The number of carbonyl (C=O) groups excluding carboxylic acids is 1. The number of carbonyl (C=O) groups is 1. The van der Waals surface area contributed by atoms with Gasteiger partial charge in [-0.15, -0.1) is 0 Å². The van der Waals surface area contributed by atoms with Crippen LogP contribution in [0.15, 0.2) is 39.4 Å². The van der Waals surface area contributed by atoms with Crippen molar-refractivity contribution in [2.24, 2.45) is 5.73 Å². The molecule has 3 N–H and O–H groups in total. The summed E-state index contributed by atoms with van der Waals surface area (Å²) in [5, 5.41) is 2.79. The summed E-state index contributed by atoms with van der Waals surface area (Å²) in [5.41, 5.74) is 5.69. The van der Waals surface area contributed by atoms with Crippen LogP contribution < -0.4 is 11.1 Å². The third-order valence-corrected chi connectivity index (χ3v) is 4.14. The van der Waals surface area contributed by atoms with E-state index in [-0.39, 0.29) is 17.9 Å². The van der Waals surface area contributed by atoms with Crippen molar-refractivity contribution < 1.29 is 9.21 Å². The van der Waals surface area contributed by atoms with Crippen molar-refractivity contribution in [1.29, 1.82) is 0 Å². The van der Waals surface area contributed by atoms with E-state index in [0.717, 1.165) is 15.8 Å². The van der Waals surface area contributed by atoms with E-state index in [1.54, 1.807) is 13.1 Å². The number of nitrogens with one attached hydrogen (secondary N) is 1. The van der Waals surface area contributed by atoms with Crippen LogP contribution in [-0.4, -0.2) is 10.9 Å². The van der Waals surface area contributed by atoms with Gasteiger partial charge in [-0.25, -0.2) is 4.98 Å². The van der Waals surface area contributed by atoms with Gasteiger partial charge in [-0.1, -0.05) is 48.8 Å². The molecule has 2 aromatic rings. The predicted octanol–water partition coefficient (Wildman–Crippen LogP) is 3.22. The molecule has 0 aliphatic rings. The molecule has 1 aromatic heterocycles. The molecule has 124 valence electrons. The number of aromatic nitrogens is 1. The zero-order valence-corrected chi connectivity index (χ0v) is 15.4. The van der Waals surface area contributed by atoms with Gasteiger partial charge >= 0.3 is 0 Å². The second-order valence-electron chi connectivity index (χ2n) is 6.76. The Morgan fingerprint density at radius 1 is 1.26 bits per heavy atom. The molecule has 1 amide bonds. The van der Waals surface area contributed by atoms with Crippen molar-refractivity contribution in [3.63, 3.8) is 0 Å². The van der Waals surface area contributed by atoms with Crippen LogP contribution in [0.25, 0.3) is 0 Å². The Hall–Kier alpha value is -1.66. The first-order valence-corrected chi connectivity index (χ1v) is 8.18. The Morgan fingerprint density at radius 3 is 2.39 bits per heavy atom. The Morgan fingerprint density at radius 2 is 1.87 bits per heavy atom. The number of rotatable bonds is 4. The molecule has 0 aliphatic heterocycles. The molecule has 1 atom stereocenters. The molecule has 6 heteroatoms. The Balaban J connectivity index is 2.04. The number of nitrogens with two attached hydrogens (primary N) is 1. The fourth-order valence-electron chi connectivity index (χ4n) is 2.01. The minimum atomic E-state index is -1.12. The first-order chi connectivity index (χ1) is 10.6. The van der Waals surface area contributed by atoms with Gasteiger partial charge < -0.3 is 15.5 Å². The lowest BCUT2D eigenvalue weighted by Gasteiger charge is -2.23. The lowest BCUT2D eigenvalue weighted by Crippen LogP contribution is -2.48. The third kappa shape index (κ3) is 4.20. The van der Waals surface area contributed by atoms with Gasteiger partial charge in [0.15, 0.2) is 0 Å². The first kappa shape index (κ1) is 17.7. The second-order valence-corrected chi connectivity index (χ2v) is 7.68. The monoisotopic (exact) mass is 379 g/mol. The number of hydrogen-bond acceptors (Lipinski definition) is 4. The van der Waals surface area contributed by atoms with Gasteiger partial charge in [-0.2, -0.15) is 0 Å². The summed E-state index contributed by atoms with van der Waals surface area (Å²) in [6, 6.07) is 7.37. The van der Waals surface area contributed by atoms with E-state index in [2.05, 4.69) is 26.2 Å². The summed E-state index contributed by atoms with van der Waals surface area (Å²) in [6.07, 6.45) is 1.69. The zero-order chi connectivity index (χ0) is 17.3. The van der Waals surface area contributed by atoms with Crippen LogP contribution in [0, 0.1) is 0 Å². The summed E-state index contributed by atoms with van der Waals surface area (Å²) >= 11 is 3.37. The van der Waals surface area contributed by atoms with E-state index < -0.39 is 5.54 Å². The Labute approximate surface area is 144 Å². The fourth-order valence-corrected chi connectivity index (χ4v) is 2.27. The molecule has 0 saturated carbocycles. The van der Waals surface area contributed by atoms with E-state index in [4.69, 9.17) is 10.2 Å². The molecule has 0 aliphatic carbocycles. The molecule has 0 bridgehead atoms. The standard InChI is InChI=1S/C17H22BrN3O2/c1-16(2,3)13-9-20-14(23-13)10-21-15(22)17(4,19)11-5-7-12(18)8-6-11/h5-9H,10,19H2,1-4H3,(H,21,22). The minimum absolute atomic E-state index is 0.116. The van der Waals surface area contributed by atoms with E-state index in [0.29, 0.717) is 5.89 Å². The summed E-state index contributed by atoms with van der Waals surface area (Å²) in [6.45, 7) is 8.01. The highest BCUT2D eigenvalue weighted by molar-refractivity contribution is 9.10. The fraction of sp³-hybridized carbons (Fsp3) is 0.412. The molecule has 23 heavy (non-hydrogen) atoms. The third-order valence-electron chi connectivity index (χ3n) is 3.61. The molecular formula is C17H22BrN3O2. The molecular weight excluding hydrogens is 358 g/mol. The minimum Gasteiger partial charge on any atom is -0.443 e. The molecule has 0 spiro atoms. The van der Waals surface area contributed by atoms with Crippen molar-refractivity contribution in [3.8, 4) is 0 Å². The van der Waals surface area contributed by atoms with E-state index in [9.17, 15) is 4.79 Å². The van der Waals surface area contributed by atoms with Crippen molar-refractivity contribution in [1.82, 2.24) is 10.3 Å². The van der Waals surface area contributed by atoms with Gasteiger partial charge in [-0.05, 0) is 24.6 Å². The average Bonchev–Trinajstić information content (AvgIpc) is 2.94. The second kappa shape index (κ2) is 6.45. The summed E-state index contributed by atoms with van der Waals surface area (Å²) in [4.78, 5) is 16.6. The average molecular weight is 380 g/mol. The van der Waals surface area contributed by atoms with Crippen molar-refractivity contribution in [2.45, 2.75) is 45.2 Å². The van der Waals surface area contributed by atoms with E-state index >= 15 is 0 Å². The van der Waals surface area contributed by atoms with Gasteiger partial charge in [0.05, 0.1) is 12.7 Å². The molecule has 5 nitrogen and oxygen atoms in total. The smallest absolute Gasteiger partial charge is 0.244 e. The number of halogens is 1. The van der Waals surface area contributed by atoms with Crippen LogP contribution in [0.3, 0.4) is 0 Å². The maximum Gasteiger partial charge on any atom is 0.244 e. The highest BCUT2D eigenvalue weighted by Crippen LogP contribution is 2.23. The van der Waals surface area contributed by atoms with Gasteiger partial charge in [-0.3, -0.25) is 4.79 Å². The number of nitrogens with zero attached hydrogens (tertiary/aromatic N) is 1. The summed E-state index contributed by atoms with van der Waals surface area (Å²) in [5.74, 6) is 0.968. The Kier molecular flexibility index (Phi) is 4.96. The topological polar surface area (TPSA) is 81.2 Å². The van der Waals surface area contributed by atoms with Crippen LogP contribution in [0.1, 0.15) is 44.9 Å². The lowest BCUT2D eigenvalue weighted by atomic mass is 9.92. The zero-order valence-electron chi connectivity index (χ0n) is 13.8. The largest absolute Gasteiger partial charge is 0.443 e. The highest BCUT2D eigenvalue weighted by Gasteiger charge is 2.30. The summed E-state index contributed by atoms with van der Waals surface area (Å²) < 4.78 is 6.60. The molecule has 1 aromatic carbocycles. The van der Waals surface area contributed by atoms with Crippen LogP contribution in [0.2, 0.25) is 0 Å². The Bertz CT molecular complexity index is 685. The van der Waals surface area contributed by atoms with E-state index in [1.807, 2.05) is 45.0 Å². The molecule has 0 radical (unpaired) electrons. The maximum absolute atomic E-state index is 12.4. The molecule has 2 rings (SSSR count). The van der Waals surface area contributed by atoms with Crippen LogP contribution in [-0.2, 0) is 22.3 Å². The van der Waals surface area contributed by atoms with Gasteiger partial charge in [0.1, 0.15) is 11.3 Å². The van der Waals surface area contributed by atoms with Crippen LogP contribution in [0.5, 0.6) is 0 Å². The number of benzene rings is 1. The quantitative estimate of drug-likeness (QED) is 0.854. The van der Waals surface area contributed by atoms with Crippen molar-refractivity contribution in [3.05, 3.63) is 52.1 Å². The summed E-state index contributed by atoms with van der Waals surface area (Å²) in [7, 11) is 0. The van der Waals surface area contributed by atoms with Gasteiger partial charge in [0.2, 0.25) is 11.8 Å². The molecule has 0 saturated heterocycles. The molecule has 1 unspecified atom stereocenters. The van der Waals surface area contributed by atoms with Gasteiger partial charge in [0.25, 0.3) is 0 Å². The maximum atomic E-state index is 12.4. The number of hydrogen-bond donors (Lipinski definition) is 2. The van der Waals surface area contributed by atoms with Crippen LogP contribution in [0.4, 0.5) is 0 Å². The molecule has 1 heterocycles. The van der Waals surface area contributed by atoms with Crippen LogP contribution >= 0.6 is 15.9 Å². The number of oxazole rings is 1. The number of amides is 1. The van der Waals surface area contributed by atoms with Gasteiger partial charge in [0, 0.05) is 9.89 Å².